The lowest BCUT2D eigenvalue weighted by Crippen LogP contribution is -2.54. The molecule has 0 aromatic rings. The third-order valence-electron chi connectivity index (χ3n) is 10.5. The molecule has 162 valence electrons. The minimum absolute atomic E-state index is 0.0392. The van der Waals surface area contributed by atoms with Gasteiger partial charge in [-0.15, -0.1) is 0 Å². The third kappa shape index (κ3) is 3.38. The van der Waals surface area contributed by atoms with E-state index in [1.54, 1.807) is 7.11 Å². The summed E-state index contributed by atoms with van der Waals surface area (Å²) in [5.74, 6) is 4.94. The van der Waals surface area contributed by atoms with Gasteiger partial charge in [0.1, 0.15) is 0 Å². The van der Waals surface area contributed by atoms with Crippen LogP contribution in [0.4, 0.5) is 0 Å². The first kappa shape index (κ1) is 21.1. The summed E-state index contributed by atoms with van der Waals surface area (Å²) in [6.07, 6.45) is 12.9. The number of methoxy groups -OCH3 is 1. The van der Waals surface area contributed by atoms with Crippen molar-refractivity contribution in [3.8, 4) is 0 Å². The molecule has 4 rings (SSSR count). The maximum absolute atomic E-state index is 10.2. The van der Waals surface area contributed by atoms with Crippen LogP contribution in [0.1, 0.15) is 91.4 Å². The van der Waals surface area contributed by atoms with Crippen molar-refractivity contribution < 1.29 is 14.9 Å². The maximum Gasteiger partial charge on any atom is 0.154 e. The molecule has 0 aromatic carbocycles. The highest BCUT2D eigenvalue weighted by Gasteiger charge is 2.60. The summed E-state index contributed by atoms with van der Waals surface area (Å²) in [5, 5.41) is 20.0. The predicted molar refractivity (Wildman–Crippen MR) is 113 cm³/mol. The Morgan fingerprint density at radius 3 is 2.39 bits per heavy atom. The average molecular weight is 393 g/mol. The number of aliphatic hydroxyl groups is 2. The molecule has 0 aliphatic heterocycles. The van der Waals surface area contributed by atoms with E-state index in [1.807, 2.05) is 0 Å². The van der Waals surface area contributed by atoms with Crippen molar-refractivity contribution in [1.29, 1.82) is 0 Å². The molecule has 4 aliphatic carbocycles. The van der Waals surface area contributed by atoms with Gasteiger partial charge in [-0.05, 0) is 117 Å². The van der Waals surface area contributed by atoms with Crippen LogP contribution in [-0.4, -0.2) is 29.7 Å². The zero-order valence-electron chi connectivity index (χ0n) is 18.7. The highest BCUT2D eigenvalue weighted by Crippen LogP contribution is 2.68. The van der Waals surface area contributed by atoms with Crippen LogP contribution in [0.3, 0.4) is 0 Å². The Balaban J connectivity index is 1.47. The van der Waals surface area contributed by atoms with E-state index >= 15 is 0 Å². The molecule has 4 saturated carbocycles. The van der Waals surface area contributed by atoms with Crippen LogP contribution in [0.5, 0.6) is 0 Å². The SMILES string of the molecule is COC(O)CC[C@@H](C)[C@H]1CC[C@H]2C3CC[C@H]4C[C@@H](O)CC[C@]4(C)[C@H]3CC[C@]12C. The van der Waals surface area contributed by atoms with Crippen molar-refractivity contribution in [2.75, 3.05) is 7.11 Å². The summed E-state index contributed by atoms with van der Waals surface area (Å²) >= 11 is 0. The fourth-order valence-corrected chi connectivity index (χ4v) is 8.94. The minimum Gasteiger partial charge on any atom is -0.393 e. The summed E-state index contributed by atoms with van der Waals surface area (Å²) in [6, 6.07) is 0. The molecule has 0 spiro atoms. The molecule has 3 heteroatoms. The maximum atomic E-state index is 10.2. The second-order valence-corrected chi connectivity index (χ2v) is 11.6. The number of hydrogen-bond acceptors (Lipinski definition) is 3. The topological polar surface area (TPSA) is 49.7 Å². The predicted octanol–water partition coefficient (Wildman–Crippen LogP) is 5.39. The summed E-state index contributed by atoms with van der Waals surface area (Å²) in [5.41, 5.74) is 0.978. The molecule has 0 heterocycles. The fourth-order valence-electron chi connectivity index (χ4n) is 8.94. The van der Waals surface area contributed by atoms with E-state index in [1.165, 1.54) is 44.9 Å². The monoisotopic (exact) mass is 392 g/mol. The van der Waals surface area contributed by atoms with Crippen molar-refractivity contribution in [2.24, 2.45) is 46.3 Å². The molecular weight excluding hydrogens is 348 g/mol. The van der Waals surface area contributed by atoms with Crippen LogP contribution in [-0.2, 0) is 4.74 Å². The fraction of sp³-hybridized carbons (Fsp3) is 1.00. The number of hydrogen-bond donors (Lipinski definition) is 2. The summed E-state index contributed by atoms with van der Waals surface area (Å²) < 4.78 is 5.07. The van der Waals surface area contributed by atoms with Crippen LogP contribution in [0.25, 0.3) is 0 Å². The quantitative estimate of drug-likeness (QED) is 0.617. The lowest BCUT2D eigenvalue weighted by Gasteiger charge is -2.61. The Hall–Kier alpha value is -0.120. The van der Waals surface area contributed by atoms with E-state index in [9.17, 15) is 10.2 Å². The molecule has 4 fully saturated rings. The van der Waals surface area contributed by atoms with Gasteiger partial charge in [0.2, 0.25) is 0 Å². The molecular formula is C25H44O3. The van der Waals surface area contributed by atoms with Gasteiger partial charge in [-0.25, -0.2) is 0 Å². The Bertz CT molecular complexity index is 550. The molecule has 0 amide bonds. The van der Waals surface area contributed by atoms with Crippen molar-refractivity contribution in [3.05, 3.63) is 0 Å². The van der Waals surface area contributed by atoms with Crippen molar-refractivity contribution in [3.63, 3.8) is 0 Å². The van der Waals surface area contributed by atoms with Crippen molar-refractivity contribution in [1.82, 2.24) is 0 Å². The summed E-state index contributed by atoms with van der Waals surface area (Å²) in [4.78, 5) is 0. The molecule has 3 nitrogen and oxygen atoms in total. The number of fused-ring (bicyclic) bond motifs is 5. The van der Waals surface area contributed by atoms with Crippen LogP contribution in [0, 0.1) is 46.3 Å². The first-order valence-electron chi connectivity index (χ1n) is 12.2. The standard InChI is InChI=1S/C25H44O3/c1-16(5-10-23(27)28-4)20-8-9-21-19-7-6-17-15-18(26)11-13-24(17,2)22(19)12-14-25(20,21)3/h16-23,26-27H,5-15H2,1-4H3/t16-,17+,18+,19?,20-,21+,22+,23?,24+,25-/m1/s1. The lowest BCUT2D eigenvalue weighted by molar-refractivity contribution is -0.130. The summed E-state index contributed by atoms with van der Waals surface area (Å²) in [6.45, 7) is 7.63. The zero-order chi connectivity index (χ0) is 20.1. The Morgan fingerprint density at radius 2 is 1.64 bits per heavy atom. The average Bonchev–Trinajstić information content (AvgIpc) is 3.03. The first-order valence-corrected chi connectivity index (χ1v) is 12.2. The van der Waals surface area contributed by atoms with Gasteiger partial charge in [0.15, 0.2) is 6.29 Å². The molecule has 0 aromatic heterocycles. The third-order valence-corrected chi connectivity index (χ3v) is 10.5. The van der Waals surface area contributed by atoms with Gasteiger partial charge in [-0.1, -0.05) is 20.8 Å². The minimum atomic E-state index is -0.597. The van der Waals surface area contributed by atoms with Crippen molar-refractivity contribution in [2.45, 2.75) is 104 Å². The Morgan fingerprint density at radius 1 is 0.929 bits per heavy atom. The molecule has 2 N–H and O–H groups in total. The Kier molecular flexibility index (Phi) is 5.92. The van der Waals surface area contributed by atoms with E-state index in [0.29, 0.717) is 16.7 Å². The number of ether oxygens (including phenoxy) is 1. The van der Waals surface area contributed by atoms with Crippen LogP contribution in [0.15, 0.2) is 0 Å². The highest BCUT2D eigenvalue weighted by atomic mass is 16.6. The van der Waals surface area contributed by atoms with E-state index in [2.05, 4.69) is 20.8 Å². The van der Waals surface area contributed by atoms with Gasteiger partial charge in [0.25, 0.3) is 0 Å². The summed E-state index contributed by atoms with van der Waals surface area (Å²) in [7, 11) is 1.60. The zero-order valence-corrected chi connectivity index (χ0v) is 18.7. The van der Waals surface area contributed by atoms with Gasteiger partial charge in [-0.2, -0.15) is 0 Å². The van der Waals surface area contributed by atoms with Gasteiger partial charge in [0.05, 0.1) is 6.10 Å². The number of aliphatic hydroxyl groups excluding tert-OH is 2. The number of rotatable bonds is 5. The molecule has 10 atom stereocenters. The normalized spacial score (nSPS) is 50.4. The van der Waals surface area contributed by atoms with Gasteiger partial charge in [-0.3, -0.25) is 0 Å². The smallest absolute Gasteiger partial charge is 0.154 e. The molecule has 4 aliphatic rings. The Labute approximate surface area is 172 Å². The molecule has 0 bridgehead atoms. The van der Waals surface area contributed by atoms with Gasteiger partial charge < -0.3 is 14.9 Å². The van der Waals surface area contributed by atoms with E-state index in [-0.39, 0.29) is 6.10 Å². The molecule has 0 radical (unpaired) electrons. The molecule has 0 saturated heterocycles. The molecule has 2 unspecified atom stereocenters. The first-order chi connectivity index (χ1) is 13.3. The second-order valence-electron chi connectivity index (χ2n) is 11.6. The largest absolute Gasteiger partial charge is 0.393 e. The van der Waals surface area contributed by atoms with Crippen LogP contribution >= 0.6 is 0 Å². The van der Waals surface area contributed by atoms with Gasteiger partial charge >= 0.3 is 0 Å². The lowest BCUT2D eigenvalue weighted by atomic mass is 9.44. The molecule has 28 heavy (non-hydrogen) atoms. The van der Waals surface area contributed by atoms with Crippen LogP contribution < -0.4 is 0 Å². The van der Waals surface area contributed by atoms with Crippen molar-refractivity contribution >= 4 is 0 Å². The van der Waals surface area contributed by atoms with Crippen LogP contribution in [0.2, 0.25) is 0 Å². The van der Waals surface area contributed by atoms with E-state index in [4.69, 9.17) is 4.74 Å². The van der Waals surface area contributed by atoms with E-state index < -0.39 is 6.29 Å². The van der Waals surface area contributed by atoms with E-state index in [0.717, 1.165) is 55.3 Å². The second kappa shape index (κ2) is 7.85. The van der Waals surface area contributed by atoms with Gasteiger partial charge in [0, 0.05) is 7.11 Å². The highest BCUT2D eigenvalue weighted by molar-refractivity contribution is 5.09.